The standard InChI is InChI=1S/C10H21N2O4P/c1-6(2)17(16,7(3)4)8(5)11-9(13)12-10(14)15/h6-8H,1-5H3,(H,14,15)(H2,11,12,13). The first-order valence-electron chi connectivity index (χ1n) is 5.51. The van der Waals surface area contributed by atoms with E-state index in [2.05, 4.69) is 5.32 Å². The summed E-state index contributed by atoms with van der Waals surface area (Å²) in [6, 6.07) is -0.841. The van der Waals surface area contributed by atoms with E-state index in [1.54, 1.807) is 12.2 Å². The number of imide groups is 1. The molecule has 3 amide bonds. The van der Waals surface area contributed by atoms with Gasteiger partial charge in [-0.1, -0.05) is 27.7 Å². The van der Waals surface area contributed by atoms with Crippen molar-refractivity contribution in [1.29, 1.82) is 0 Å². The summed E-state index contributed by atoms with van der Waals surface area (Å²) in [5.74, 6) is -0.554. The van der Waals surface area contributed by atoms with Crippen LogP contribution in [0.5, 0.6) is 0 Å². The van der Waals surface area contributed by atoms with Gasteiger partial charge >= 0.3 is 12.1 Å². The Labute approximate surface area is 102 Å². The molecular formula is C10H21N2O4P. The first-order chi connectivity index (χ1) is 7.62. The lowest BCUT2D eigenvalue weighted by atomic mass is 10.5. The first kappa shape index (κ1) is 16.0. The Bertz CT molecular complexity index is 329. The number of carboxylic acid groups (broad SMARTS) is 1. The van der Waals surface area contributed by atoms with Crippen LogP contribution in [0.3, 0.4) is 0 Å². The number of amides is 3. The summed E-state index contributed by atoms with van der Waals surface area (Å²) in [6.45, 7) is 9.01. The van der Waals surface area contributed by atoms with Gasteiger partial charge in [0.15, 0.2) is 0 Å². The fraction of sp³-hybridized carbons (Fsp3) is 0.800. The molecule has 100 valence electrons. The van der Waals surface area contributed by atoms with E-state index in [-0.39, 0.29) is 11.3 Å². The van der Waals surface area contributed by atoms with Gasteiger partial charge in [0.2, 0.25) is 0 Å². The third-order valence-corrected chi connectivity index (χ3v) is 7.35. The van der Waals surface area contributed by atoms with E-state index < -0.39 is 25.0 Å². The van der Waals surface area contributed by atoms with Crippen LogP contribution in [0, 0.1) is 0 Å². The van der Waals surface area contributed by atoms with Crippen LogP contribution < -0.4 is 10.6 Å². The van der Waals surface area contributed by atoms with E-state index in [1.807, 2.05) is 27.7 Å². The Morgan fingerprint density at radius 3 is 1.76 bits per heavy atom. The molecule has 0 saturated heterocycles. The summed E-state index contributed by atoms with van der Waals surface area (Å²) >= 11 is 0. The maximum Gasteiger partial charge on any atom is 0.412 e. The molecule has 0 aliphatic rings. The Morgan fingerprint density at radius 2 is 1.47 bits per heavy atom. The molecule has 0 aromatic carbocycles. The van der Waals surface area contributed by atoms with Gasteiger partial charge in [0.1, 0.15) is 7.14 Å². The molecule has 0 spiro atoms. The molecule has 7 heteroatoms. The van der Waals surface area contributed by atoms with Crippen molar-refractivity contribution in [2.75, 3.05) is 0 Å². The van der Waals surface area contributed by atoms with Crippen LogP contribution in [0.2, 0.25) is 0 Å². The molecule has 0 saturated carbocycles. The summed E-state index contributed by atoms with van der Waals surface area (Å²) in [5, 5.41) is 12.5. The number of nitrogens with one attached hydrogen (secondary N) is 2. The molecule has 0 fully saturated rings. The van der Waals surface area contributed by atoms with Crippen molar-refractivity contribution in [3.8, 4) is 0 Å². The summed E-state index contributed by atoms with van der Waals surface area (Å²) in [5.41, 5.74) is -0.134. The van der Waals surface area contributed by atoms with E-state index in [4.69, 9.17) is 5.11 Å². The summed E-state index contributed by atoms with van der Waals surface area (Å²) in [4.78, 5) is 21.5. The molecule has 0 aliphatic heterocycles. The van der Waals surface area contributed by atoms with Crippen molar-refractivity contribution in [1.82, 2.24) is 10.6 Å². The largest absolute Gasteiger partial charge is 0.465 e. The van der Waals surface area contributed by atoms with Gasteiger partial charge in [-0.3, -0.25) is 0 Å². The Balaban J connectivity index is 4.78. The van der Waals surface area contributed by atoms with Gasteiger partial charge in [0.05, 0.1) is 5.78 Å². The first-order valence-corrected chi connectivity index (χ1v) is 7.43. The van der Waals surface area contributed by atoms with Gasteiger partial charge in [0.25, 0.3) is 0 Å². The predicted octanol–water partition coefficient (Wildman–Crippen LogP) is 2.49. The monoisotopic (exact) mass is 264 g/mol. The second-order valence-electron chi connectivity index (χ2n) is 4.53. The molecule has 0 rings (SSSR count). The molecule has 0 aromatic rings. The highest BCUT2D eigenvalue weighted by molar-refractivity contribution is 7.65. The molecule has 17 heavy (non-hydrogen) atoms. The highest BCUT2D eigenvalue weighted by Gasteiger charge is 2.37. The number of urea groups is 1. The smallest absolute Gasteiger partial charge is 0.412 e. The summed E-state index contributed by atoms with van der Waals surface area (Å²) in [7, 11) is -2.62. The highest BCUT2D eigenvalue weighted by atomic mass is 31.2. The molecule has 1 atom stereocenters. The van der Waals surface area contributed by atoms with Crippen molar-refractivity contribution >= 4 is 19.3 Å². The maximum atomic E-state index is 12.7. The number of carbonyl (C=O) groups excluding carboxylic acids is 1. The predicted molar refractivity (Wildman–Crippen MR) is 67.0 cm³/mol. The fourth-order valence-corrected chi connectivity index (χ4v) is 5.21. The topological polar surface area (TPSA) is 95.5 Å². The van der Waals surface area contributed by atoms with Gasteiger partial charge in [-0.25, -0.2) is 14.9 Å². The van der Waals surface area contributed by atoms with Crippen molar-refractivity contribution in [3.63, 3.8) is 0 Å². The third kappa shape index (κ3) is 4.04. The normalized spacial score (nSPS) is 13.6. The van der Waals surface area contributed by atoms with Crippen LogP contribution in [-0.4, -0.2) is 34.3 Å². The van der Waals surface area contributed by atoms with Crippen LogP contribution in [0.15, 0.2) is 0 Å². The van der Waals surface area contributed by atoms with Crippen LogP contribution >= 0.6 is 7.14 Å². The van der Waals surface area contributed by atoms with E-state index in [0.717, 1.165) is 0 Å². The lowest BCUT2D eigenvalue weighted by Crippen LogP contribution is -2.44. The van der Waals surface area contributed by atoms with Gasteiger partial charge < -0.3 is 15.0 Å². The van der Waals surface area contributed by atoms with E-state index >= 15 is 0 Å². The number of hydrogen-bond acceptors (Lipinski definition) is 3. The van der Waals surface area contributed by atoms with Crippen molar-refractivity contribution in [2.45, 2.75) is 51.7 Å². The van der Waals surface area contributed by atoms with E-state index in [1.165, 1.54) is 0 Å². The number of hydrogen-bond donors (Lipinski definition) is 3. The van der Waals surface area contributed by atoms with Gasteiger partial charge in [-0.05, 0) is 6.92 Å². The van der Waals surface area contributed by atoms with Gasteiger partial charge in [0, 0.05) is 11.3 Å². The van der Waals surface area contributed by atoms with Crippen molar-refractivity contribution < 1.29 is 19.3 Å². The van der Waals surface area contributed by atoms with Crippen LogP contribution in [0.4, 0.5) is 9.59 Å². The lowest BCUT2D eigenvalue weighted by molar-refractivity contribution is 0.191. The highest BCUT2D eigenvalue weighted by Crippen LogP contribution is 2.57. The quantitative estimate of drug-likeness (QED) is 0.680. The molecule has 3 N–H and O–H groups in total. The Kier molecular flexibility index (Phi) is 5.69. The lowest BCUT2D eigenvalue weighted by Gasteiger charge is -2.32. The van der Waals surface area contributed by atoms with E-state index in [0.29, 0.717) is 0 Å². The van der Waals surface area contributed by atoms with Crippen molar-refractivity contribution in [3.05, 3.63) is 0 Å². The molecule has 0 heterocycles. The fourth-order valence-electron chi connectivity index (χ4n) is 1.91. The second-order valence-corrected chi connectivity index (χ2v) is 8.90. The van der Waals surface area contributed by atoms with Crippen LogP contribution in [0.1, 0.15) is 34.6 Å². The minimum atomic E-state index is -2.62. The third-order valence-electron chi connectivity index (χ3n) is 2.78. The minimum Gasteiger partial charge on any atom is -0.465 e. The molecule has 6 nitrogen and oxygen atoms in total. The van der Waals surface area contributed by atoms with Crippen LogP contribution in [-0.2, 0) is 4.57 Å². The summed E-state index contributed by atoms with van der Waals surface area (Å²) < 4.78 is 12.7. The second kappa shape index (κ2) is 6.05. The molecule has 0 aromatic heterocycles. The summed E-state index contributed by atoms with van der Waals surface area (Å²) in [6.07, 6.45) is -1.43. The molecule has 0 bridgehead atoms. The zero-order valence-corrected chi connectivity index (χ0v) is 11.7. The van der Waals surface area contributed by atoms with Gasteiger partial charge in [-0.15, -0.1) is 0 Å². The average Bonchev–Trinajstić information content (AvgIpc) is 2.13. The van der Waals surface area contributed by atoms with Crippen molar-refractivity contribution in [2.24, 2.45) is 0 Å². The molecule has 0 aliphatic carbocycles. The number of carbonyl (C=O) groups is 2. The number of rotatable bonds is 4. The SMILES string of the molecule is CC(C)P(=O)(C(C)C)C(C)NC(=O)NC(=O)O. The van der Waals surface area contributed by atoms with Gasteiger partial charge in [-0.2, -0.15) is 0 Å². The average molecular weight is 264 g/mol. The Hall–Kier alpha value is -1.03. The zero-order chi connectivity index (χ0) is 13.8. The molecular weight excluding hydrogens is 243 g/mol. The maximum absolute atomic E-state index is 12.7. The Morgan fingerprint density at radius 1 is 1.06 bits per heavy atom. The van der Waals surface area contributed by atoms with Crippen LogP contribution in [0.25, 0.3) is 0 Å². The molecule has 1 unspecified atom stereocenters. The zero-order valence-electron chi connectivity index (χ0n) is 10.9. The van der Waals surface area contributed by atoms with E-state index in [9.17, 15) is 14.2 Å². The minimum absolute atomic E-state index is 0.0670. The molecule has 0 radical (unpaired) electrons.